The van der Waals surface area contributed by atoms with E-state index in [1.165, 1.54) is 82.9 Å². The predicted octanol–water partition coefficient (Wildman–Crippen LogP) is 7.06. The minimum atomic E-state index is -0.675. The summed E-state index contributed by atoms with van der Waals surface area (Å²) in [4.78, 5) is 28.3. The van der Waals surface area contributed by atoms with Crippen molar-refractivity contribution in [2.75, 3.05) is 13.1 Å². The largest absolute Gasteiger partial charge is 0.481 e. The van der Waals surface area contributed by atoms with Crippen molar-refractivity contribution in [1.82, 2.24) is 4.90 Å². The number of aliphatic carboxylic acids is 2. The second kappa shape index (κ2) is 19.8. The quantitative estimate of drug-likeness (QED) is 0.157. The first-order valence-electron chi connectivity index (χ1n) is 13.7. The Morgan fingerprint density at radius 3 is 1.55 bits per heavy atom. The van der Waals surface area contributed by atoms with Gasteiger partial charge in [-0.05, 0) is 32.6 Å². The van der Waals surface area contributed by atoms with E-state index in [0.29, 0.717) is 18.9 Å². The van der Waals surface area contributed by atoms with E-state index in [1.807, 2.05) is 0 Å². The number of carbonyl (C=O) groups is 2. The fraction of sp³-hybridized carbons (Fsp3) is 0.889. The van der Waals surface area contributed by atoms with Gasteiger partial charge in [0.1, 0.15) is 0 Å². The normalized spacial score (nSPS) is 15.7. The van der Waals surface area contributed by atoms with Gasteiger partial charge in [0.2, 0.25) is 0 Å². The number of carboxylic acids is 2. The summed E-state index contributed by atoms with van der Waals surface area (Å²) in [5, 5.41) is 17.3. The summed E-state index contributed by atoms with van der Waals surface area (Å²) < 4.78 is 0. The molecule has 0 bridgehead atoms. The number of rotatable bonds is 23. The Morgan fingerprint density at radius 1 is 0.697 bits per heavy atom. The van der Waals surface area contributed by atoms with E-state index in [1.54, 1.807) is 0 Å². The molecule has 1 aliphatic rings. The second-order valence-electron chi connectivity index (χ2n) is 9.85. The van der Waals surface area contributed by atoms with Crippen molar-refractivity contribution in [3.63, 3.8) is 0 Å². The molecule has 2 N–H and O–H groups in total. The molecule has 0 amide bonds. The van der Waals surface area contributed by atoms with E-state index in [-0.39, 0.29) is 0 Å². The lowest BCUT2D eigenvalue weighted by atomic mass is 10.1. The Balaban J connectivity index is 1.96. The van der Waals surface area contributed by atoms with Crippen molar-refractivity contribution in [2.24, 2.45) is 4.99 Å². The number of nitrogens with zero attached hydrogens (tertiary/aromatic N) is 2. The maximum Gasteiger partial charge on any atom is 0.303 e. The average Bonchev–Trinajstić information content (AvgIpc) is 3.12. The van der Waals surface area contributed by atoms with Crippen LogP contribution in [0.25, 0.3) is 0 Å². The standard InChI is InChI=1S/C27H50N2O4/c1-24-23-28-25(19-15-11-7-4-5-9-13-17-21-27(32)33)29(24)22-18-14-10-6-2-3-8-12-16-20-26(30)31/h24H,2-23H2,1H3,(H,30,31)(H,32,33). The Hall–Kier alpha value is -1.59. The Morgan fingerprint density at radius 2 is 1.09 bits per heavy atom. The molecule has 192 valence electrons. The molecule has 6 nitrogen and oxygen atoms in total. The van der Waals surface area contributed by atoms with Gasteiger partial charge in [0.15, 0.2) is 0 Å². The van der Waals surface area contributed by atoms with Crippen LogP contribution in [-0.4, -0.2) is 52.0 Å². The highest BCUT2D eigenvalue weighted by molar-refractivity contribution is 5.84. The smallest absolute Gasteiger partial charge is 0.303 e. The maximum absolute atomic E-state index is 10.5. The lowest BCUT2D eigenvalue weighted by Gasteiger charge is -2.25. The average molecular weight is 467 g/mol. The van der Waals surface area contributed by atoms with Crippen molar-refractivity contribution in [3.05, 3.63) is 0 Å². The Kier molecular flexibility index (Phi) is 17.7. The summed E-state index contributed by atoms with van der Waals surface area (Å²) in [5.41, 5.74) is 0. The third kappa shape index (κ3) is 16.6. The van der Waals surface area contributed by atoms with Crippen LogP contribution >= 0.6 is 0 Å². The van der Waals surface area contributed by atoms with Crippen LogP contribution in [0.4, 0.5) is 0 Å². The van der Waals surface area contributed by atoms with Gasteiger partial charge in [0.25, 0.3) is 0 Å². The molecule has 6 heteroatoms. The topological polar surface area (TPSA) is 90.2 Å². The van der Waals surface area contributed by atoms with Crippen molar-refractivity contribution in [2.45, 2.75) is 141 Å². The van der Waals surface area contributed by atoms with E-state index >= 15 is 0 Å². The maximum atomic E-state index is 10.5. The predicted molar refractivity (Wildman–Crippen MR) is 136 cm³/mol. The molecule has 1 atom stereocenters. The van der Waals surface area contributed by atoms with Crippen LogP contribution in [0.3, 0.4) is 0 Å². The van der Waals surface area contributed by atoms with Gasteiger partial charge in [-0.15, -0.1) is 0 Å². The SMILES string of the molecule is CC1CN=C(CCCCCCCCCCC(=O)O)N1CCCCCCCCCCCC(=O)O. The minimum Gasteiger partial charge on any atom is -0.481 e. The molecule has 0 fully saturated rings. The van der Waals surface area contributed by atoms with Crippen molar-refractivity contribution in [1.29, 1.82) is 0 Å². The monoisotopic (exact) mass is 466 g/mol. The van der Waals surface area contributed by atoms with Gasteiger partial charge in [-0.1, -0.05) is 83.5 Å². The number of aliphatic imine (C=N–C) groups is 1. The van der Waals surface area contributed by atoms with Gasteiger partial charge in [-0.3, -0.25) is 14.6 Å². The van der Waals surface area contributed by atoms with E-state index in [4.69, 9.17) is 15.2 Å². The van der Waals surface area contributed by atoms with Crippen LogP contribution in [0.5, 0.6) is 0 Å². The molecule has 0 aliphatic carbocycles. The molecular formula is C27H50N2O4. The molecule has 1 aliphatic heterocycles. The van der Waals surface area contributed by atoms with Gasteiger partial charge in [-0.25, -0.2) is 0 Å². The van der Waals surface area contributed by atoms with E-state index in [9.17, 15) is 9.59 Å². The zero-order valence-electron chi connectivity index (χ0n) is 21.2. The van der Waals surface area contributed by atoms with E-state index in [0.717, 1.165) is 51.6 Å². The number of hydrogen-bond donors (Lipinski definition) is 2. The van der Waals surface area contributed by atoms with Gasteiger partial charge in [0, 0.05) is 31.8 Å². The second-order valence-corrected chi connectivity index (χ2v) is 9.85. The van der Waals surface area contributed by atoms with Crippen molar-refractivity contribution in [3.8, 4) is 0 Å². The molecule has 1 heterocycles. The molecule has 0 aromatic carbocycles. The number of amidine groups is 1. The molecule has 0 radical (unpaired) electrons. The molecule has 1 rings (SSSR count). The van der Waals surface area contributed by atoms with Crippen LogP contribution in [0.1, 0.15) is 135 Å². The summed E-state index contributed by atoms with van der Waals surface area (Å²) in [7, 11) is 0. The van der Waals surface area contributed by atoms with E-state index < -0.39 is 11.9 Å². The Labute approximate surface area is 202 Å². The third-order valence-corrected chi connectivity index (χ3v) is 6.73. The van der Waals surface area contributed by atoms with Crippen LogP contribution in [0.15, 0.2) is 4.99 Å². The van der Waals surface area contributed by atoms with Crippen LogP contribution in [-0.2, 0) is 9.59 Å². The van der Waals surface area contributed by atoms with Crippen molar-refractivity contribution >= 4 is 17.8 Å². The first-order valence-corrected chi connectivity index (χ1v) is 13.7. The molecule has 0 aromatic heterocycles. The number of carboxylic acid groups (broad SMARTS) is 2. The highest BCUT2D eigenvalue weighted by Gasteiger charge is 2.22. The van der Waals surface area contributed by atoms with Gasteiger partial charge in [0.05, 0.1) is 12.4 Å². The molecule has 33 heavy (non-hydrogen) atoms. The molecule has 0 spiro atoms. The number of hydrogen-bond acceptors (Lipinski definition) is 4. The first-order chi connectivity index (χ1) is 16.0. The molecule has 0 aromatic rings. The highest BCUT2D eigenvalue weighted by Crippen LogP contribution is 2.18. The number of unbranched alkanes of at least 4 members (excludes halogenated alkanes) is 15. The van der Waals surface area contributed by atoms with Crippen LogP contribution in [0, 0.1) is 0 Å². The fourth-order valence-electron chi connectivity index (χ4n) is 4.67. The van der Waals surface area contributed by atoms with Gasteiger partial charge < -0.3 is 15.1 Å². The van der Waals surface area contributed by atoms with Gasteiger partial charge >= 0.3 is 11.9 Å². The van der Waals surface area contributed by atoms with Crippen LogP contribution in [0.2, 0.25) is 0 Å². The third-order valence-electron chi connectivity index (χ3n) is 6.73. The zero-order chi connectivity index (χ0) is 24.2. The zero-order valence-corrected chi connectivity index (χ0v) is 21.2. The molecular weight excluding hydrogens is 416 g/mol. The summed E-state index contributed by atoms with van der Waals surface area (Å²) in [5.74, 6) is -0.0159. The molecule has 0 saturated carbocycles. The lowest BCUT2D eigenvalue weighted by Crippen LogP contribution is -2.35. The fourth-order valence-corrected chi connectivity index (χ4v) is 4.67. The molecule has 1 unspecified atom stereocenters. The Bertz CT molecular complexity index is 550. The summed E-state index contributed by atoms with van der Waals surface area (Å²) >= 11 is 0. The van der Waals surface area contributed by atoms with E-state index in [2.05, 4.69) is 11.8 Å². The summed E-state index contributed by atoms with van der Waals surface area (Å²) in [6, 6.07) is 0.552. The summed E-state index contributed by atoms with van der Waals surface area (Å²) in [6.45, 7) is 4.39. The van der Waals surface area contributed by atoms with Crippen molar-refractivity contribution < 1.29 is 19.8 Å². The van der Waals surface area contributed by atoms with Crippen LogP contribution < -0.4 is 0 Å². The summed E-state index contributed by atoms with van der Waals surface area (Å²) in [6.07, 6.45) is 21.8. The van der Waals surface area contributed by atoms with Gasteiger partial charge in [-0.2, -0.15) is 0 Å². The molecule has 0 saturated heterocycles. The minimum absolute atomic E-state index is 0.314. The highest BCUT2D eigenvalue weighted by atomic mass is 16.4. The lowest BCUT2D eigenvalue weighted by molar-refractivity contribution is -0.138. The first kappa shape index (κ1) is 29.4.